The maximum atomic E-state index is 12.1. The summed E-state index contributed by atoms with van der Waals surface area (Å²) in [6, 6.07) is 9.32. The predicted octanol–water partition coefficient (Wildman–Crippen LogP) is 1.74. The number of anilines is 1. The fourth-order valence-electron chi connectivity index (χ4n) is 1.82. The number of fused-ring (bicyclic) bond motifs is 1. The Morgan fingerprint density at radius 1 is 1.56 bits per heavy atom. The first kappa shape index (κ1) is 12.0. The Kier molecular flexibility index (Phi) is 3.20. The molecule has 1 heterocycles. The maximum Gasteiger partial charge on any atom is 0.270 e. The minimum atomic E-state index is -0.138. The highest BCUT2D eigenvalue weighted by atomic mass is 16.2. The van der Waals surface area contributed by atoms with Crippen LogP contribution in [0.25, 0.3) is 10.9 Å². The SMILES string of the molecule is CN(CCC#N)C(=O)c1cc2cccc(N)c2[nH]1. The number of para-hydroxylation sites is 1. The lowest BCUT2D eigenvalue weighted by Crippen LogP contribution is -2.27. The Morgan fingerprint density at radius 2 is 2.33 bits per heavy atom. The Morgan fingerprint density at radius 3 is 3.00 bits per heavy atom. The first-order valence-corrected chi connectivity index (χ1v) is 5.63. The number of nitrogens with zero attached hydrogens (tertiary/aromatic N) is 2. The van der Waals surface area contributed by atoms with Crippen molar-refractivity contribution in [1.29, 1.82) is 5.26 Å². The van der Waals surface area contributed by atoms with Crippen LogP contribution in [-0.2, 0) is 0 Å². The van der Waals surface area contributed by atoms with E-state index in [1.54, 1.807) is 19.2 Å². The van der Waals surface area contributed by atoms with Gasteiger partial charge in [-0.25, -0.2) is 0 Å². The second-order valence-electron chi connectivity index (χ2n) is 4.13. The highest BCUT2D eigenvalue weighted by Crippen LogP contribution is 2.21. The number of hydrogen-bond acceptors (Lipinski definition) is 3. The molecule has 0 radical (unpaired) electrons. The zero-order valence-corrected chi connectivity index (χ0v) is 10.1. The molecule has 0 aliphatic heterocycles. The molecule has 18 heavy (non-hydrogen) atoms. The van der Waals surface area contributed by atoms with Crippen LogP contribution in [0.4, 0.5) is 5.69 Å². The molecule has 0 spiro atoms. The van der Waals surface area contributed by atoms with E-state index in [0.29, 0.717) is 24.3 Å². The third-order valence-electron chi connectivity index (χ3n) is 2.82. The zero-order valence-electron chi connectivity index (χ0n) is 10.1. The fraction of sp³-hybridized carbons (Fsp3) is 0.231. The van der Waals surface area contributed by atoms with Crippen molar-refractivity contribution in [3.63, 3.8) is 0 Å². The number of nitrogens with one attached hydrogen (secondary N) is 1. The van der Waals surface area contributed by atoms with E-state index in [1.807, 2.05) is 18.2 Å². The van der Waals surface area contributed by atoms with E-state index >= 15 is 0 Å². The molecular weight excluding hydrogens is 228 g/mol. The Bertz CT molecular complexity index is 623. The minimum Gasteiger partial charge on any atom is -0.397 e. The van der Waals surface area contributed by atoms with Crippen LogP contribution < -0.4 is 5.73 Å². The molecule has 5 nitrogen and oxygen atoms in total. The van der Waals surface area contributed by atoms with Crippen LogP contribution in [0, 0.1) is 11.3 Å². The number of amides is 1. The lowest BCUT2D eigenvalue weighted by molar-refractivity contribution is 0.0793. The summed E-state index contributed by atoms with van der Waals surface area (Å²) < 4.78 is 0. The number of nitrogens with two attached hydrogens (primary N) is 1. The number of carbonyl (C=O) groups is 1. The maximum absolute atomic E-state index is 12.1. The van der Waals surface area contributed by atoms with Gasteiger partial charge < -0.3 is 15.6 Å². The molecule has 0 bridgehead atoms. The molecule has 5 heteroatoms. The normalized spacial score (nSPS) is 10.2. The van der Waals surface area contributed by atoms with Crippen LogP contribution >= 0.6 is 0 Å². The first-order valence-electron chi connectivity index (χ1n) is 5.63. The highest BCUT2D eigenvalue weighted by molar-refractivity contribution is 6.00. The van der Waals surface area contributed by atoms with E-state index in [0.717, 1.165) is 10.9 Å². The molecule has 0 atom stereocenters. The minimum absolute atomic E-state index is 0.138. The summed E-state index contributed by atoms with van der Waals surface area (Å²) in [5.41, 5.74) is 7.71. The average Bonchev–Trinajstić information content (AvgIpc) is 2.80. The van der Waals surface area contributed by atoms with Crippen molar-refractivity contribution in [3.8, 4) is 6.07 Å². The molecular formula is C13H14N4O. The van der Waals surface area contributed by atoms with Crippen molar-refractivity contribution in [1.82, 2.24) is 9.88 Å². The van der Waals surface area contributed by atoms with Gasteiger partial charge in [0.2, 0.25) is 0 Å². The lowest BCUT2D eigenvalue weighted by Gasteiger charge is -2.13. The van der Waals surface area contributed by atoms with Crippen molar-refractivity contribution in [2.75, 3.05) is 19.3 Å². The van der Waals surface area contributed by atoms with Crippen molar-refractivity contribution >= 4 is 22.5 Å². The summed E-state index contributed by atoms with van der Waals surface area (Å²) in [6.07, 6.45) is 0.324. The molecule has 2 rings (SSSR count). The standard InChI is InChI=1S/C13H14N4O/c1-17(7-3-6-14)13(18)11-8-9-4-2-5-10(15)12(9)16-11/h2,4-5,8,16H,3,7,15H2,1H3. The number of carbonyl (C=O) groups excluding carboxylic acids is 1. The summed E-state index contributed by atoms with van der Waals surface area (Å²) in [7, 11) is 1.68. The topological polar surface area (TPSA) is 85.9 Å². The van der Waals surface area contributed by atoms with Gasteiger partial charge in [0.15, 0.2) is 0 Å². The Labute approximate surface area is 105 Å². The second-order valence-corrected chi connectivity index (χ2v) is 4.13. The van der Waals surface area contributed by atoms with Gasteiger partial charge >= 0.3 is 0 Å². The number of aromatic nitrogens is 1. The monoisotopic (exact) mass is 242 g/mol. The molecule has 1 amide bonds. The quantitative estimate of drug-likeness (QED) is 0.804. The summed E-state index contributed by atoms with van der Waals surface area (Å²) in [5, 5.41) is 9.42. The van der Waals surface area contributed by atoms with Crippen molar-refractivity contribution in [3.05, 3.63) is 30.0 Å². The van der Waals surface area contributed by atoms with E-state index in [4.69, 9.17) is 11.0 Å². The molecule has 0 unspecified atom stereocenters. The molecule has 1 aromatic carbocycles. The van der Waals surface area contributed by atoms with Gasteiger partial charge in [0.1, 0.15) is 5.69 Å². The van der Waals surface area contributed by atoms with E-state index in [-0.39, 0.29) is 5.91 Å². The lowest BCUT2D eigenvalue weighted by atomic mass is 10.2. The largest absolute Gasteiger partial charge is 0.397 e. The number of nitrogen functional groups attached to an aromatic ring is 1. The fourth-order valence-corrected chi connectivity index (χ4v) is 1.82. The highest BCUT2D eigenvalue weighted by Gasteiger charge is 2.14. The van der Waals surface area contributed by atoms with Gasteiger partial charge in [-0.3, -0.25) is 4.79 Å². The predicted molar refractivity (Wildman–Crippen MR) is 69.9 cm³/mol. The first-order chi connectivity index (χ1) is 8.63. The van der Waals surface area contributed by atoms with Gasteiger partial charge in [-0.05, 0) is 12.1 Å². The third-order valence-corrected chi connectivity index (χ3v) is 2.82. The summed E-state index contributed by atoms with van der Waals surface area (Å²) in [6.45, 7) is 0.417. The second kappa shape index (κ2) is 4.80. The molecule has 0 saturated heterocycles. The Balaban J connectivity index is 2.29. The van der Waals surface area contributed by atoms with Crippen LogP contribution in [0.1, 0.15) is 16.9 Å². The van der Waals surface area contributed by atoms with E-state index in [2.05, 4.69) is 4.98 Å². The van der Waals surface area contributed by atoms with Gasteiger partial charge in [-0.1, -0.05) is 12.1 Å². The summed E-state index contributed by atoms with van der Waals surface area (Å²) >= 11 is 0. The number of nitriles is 1. The van der Waals surface area contributed by atoms with E-state index < -0.39 is 0 Å². The van der Waals surface area contributed by atoms with Gasteiger partial charge in [0.05, 0.1) is 23.7 Å². The number of hydrogen-bond donors (Lipinski definition) is 2. The number of rotatable bonds is 3. The summed E-state index contributed by atoms with van der Waals surface area (Å²) in [4.78, 5) is 16.6. The molecule has 92 valence electrons. The number of aromatic amines is 1. The van der Waals surface area contributed by atoms with Crippen LogP contribution in [0.3, 0.4) is 0 Å². The van der Waals surface area contributed by atoms with Crippen molar-refractivity contribution in [2.24, 2.45) is 0 Å². The van der Waals surface area contributed by atoms with Gasteiger partial charge in [0, 0.05) is 19.0 Å². The van der Waals surface area contributed by atoms with Gasteiger partial charge in [0.25, 0.3) is 5.91 Å². The van der Waals surface area contributed by atoms with Gasteiger partial charge in [-0.15, -0.1) is 0 Å². The van der Waals surface area contributed by atoms with Crippen LogP contribution in [0.2, 0.25) is 0 Å². The van der Waals surface area contributed by atoms with Crippen LogP contribution in [-0.4, -0.2) is 29.4 Å². The molecule has 0 fully saturated rings. The third kappa shape index (κ3) is 2.13. The van der Waals surface area contributed by atoms with E-state index in [9.17, 15) is 4.79 Å². The van der Waals surface area contributed by atoms with Crippen LogP contribution in [0.5, 0.6) is 0 Å². The molecule has 0 aliphatic carbocycles. The molecule has 1 aromatic heterocycles. The van der Waals surface area contributed by atoms with Crippen molar-refractivity contribution in [2.45, 2.75) is 6.42 Å². The molecule has 0 saturated carbocycles. The number of benzene rings is 1. The molecule has 3 N–H and O–H groups in total. The number of H-pyrrole nitrogens is 1. The Hall–Kier alpha value is -2.48. The zero-order chi connectivity index (χ0) is 13.1. The average molecular weight is 242 g/mol. The molecule has 0 aliphatic rings. The molecule has 2 aromatic rings. The smallest absolute Gasteiger partial charge is 0.270 e. The van der Waals surface area contributed by atoms with Gasteiger partial charge in [-0.2, -0.15) is 5.26 Å². The van der Waals surface area contributed by atoms with Crippen molar-refractivity contribution < 1.29 is 4.79 Å². The van der Waals surface area contributed by atoms with E-state index in [1.165, 1.54) is 4.90 Å². The summed E-state index contributed by atoms with van der Waals surface area (Å²) in [5.74, 6) is -0.138. The van der Waals surface area contributed by atoms with Crippen LogP contribution in [0.15, 0.2) is 24.3 Å².